The summed E-state index contributed by atoms with van der Waals surface area (Å²) in [6.45, 7) is 7.64. The number of thioether (sulfide) groups is 1. The van der Waals surface area contributed by atoms with Gasteiger partial charge in [0, 0.05) is 24.3 Å². The summed E-state index contributed by atoms with van der Waals surface area (Å²) in [5.41, 5.74) is 1.79. The van der Waals surface area contributed by atoms with E-state index >= 15 is 0 Å². The van der Waals surface area contributed by atoms with Crippen molar-refractivity contribution in [3.05, 3.63) is 86.0 Å². The molecule has 3 rings (SSSR count). The number of aromatic nitrogens is 3. The van der Waals surface area contributed by atoms with Gasteiger partial charge in [0.05, 0.1) is 5.75 Å². The summed E-state index contributed by atoms with van der Waals surface area (Å²) in [6.07, 6.45) is 3.22. The highest BCUT2D eigenvalue weighted by molar-refractivity contribution is 7.99. The number of nitrogens with zero attached hydrogens (tertiary/aromatic N) is 4. The molecule has 0 radical (unpaired) electrons. The number of rotatable bonds is 11. The summed E-state index contributed by atoms with van der Waals surface area (Å²) in [7, 11) is 0. The zero-order valence-electron chi connectivity index (χ0n) is 17.6. The number of carbonyl (C=O) groups is 2. The first kappa shape index (κ1) is 23.0. The van der Waals surface area contributed by atoms with Crippen LogP contribution in [0.3, 0.4) is 0 Å². The van der Waals surface area contributed by atoms with Gasteiger partial charge in [-0.3, -0.25) is 14.2 Å². The predicted octanol–water partition coefficient (Wildman–Crippen LogP) is 3.77. The fourth-order valence-electron chi connectivity index (χ4n) is 2.94. The highest BCUT2D eigenvalue weighted by Crippen LogP contribution is 2.27. The van der Waals surface area contributed by atoms with Crippen molar-refractivity contribution in [1.82, 2.24) is 19.7 Å². The molecular weight excluding hydrogens is 424 g/mol. The van der Waals surface area contributed by atoms with Gasteiger partial charge < -0.3 is 9.64 Å². The highest BCUT2D eigenvalue weighted by Gasteiger charge is 2.18. The number of hydrogen-bond donors (Lipinski definition) is 0. The summed E-state index contributed by atoms with van der Waals surface area (Å²) in [6, 6.07) is 19.4. The molecule has 8 heteroatoms. The Morgan fingerprint density at radius 2 is 1.59 bits per heavy atom. The maximum atomic E-state index is 12.3. The molecule has 1 amide bonds. The lowest BCUT2D eigenvalue weighted by Gasteiger charge is -2.18. The lowest BCUT2D eigenvalue weighted by Crippen LogP contribution is -2.35. The molecule has 0 saturated heterocycles. The van der Waals surface area contributed by atoms with Gasteiger partial charge in [-0.25, -0.2) is 0 Å². The minimum Gasteiger partial charge on any atom is -0.455 e. The Morgan fingerprint density at radius 1 is 0.969 bits per heavy atom. The number of benzene rings is 2. The smallest absolute Gasteiger partial charge is 0.316 e. The van der Waals surface area contributed by atoms with Crippen molar-refractivity contribution in [3.63, 3.8) is 0 Å². The Kier molecular flexibility index (Phi) is 8.39. The van der Waals surface area contributed by atoms with Crippen molar-refractivity contribution < 1.29 is 14.3 Å². The monoisotopic (exact) mass is 448 g/mol. The number of amides is 1. The maximum Gasteiger partial charge on any atom is 0.316 e. The van der Waals surface area contributed by atoms with Crippen molar-refractivity contribution in [1.29, 1.82) is 0 Å². The van der Waals surface area contributed by atoms with Crippen LogP contribution >= 0.6 is 11.8 Å². The van der Waals surface area contributed by atoms with Gasteiger partial charge >= 0.3 is 5.97 Å². The van der Waals surface area contributed by atoms with Crippen LogP contribution in [0, 0.1) is 0 Å². The van der Waals surface area contributed by atoms with E-state index in [0.29, 0.717) is 24.1 Å². The van der Waals surface area contributed by atoms with Crippen LogP contribution in [0.5, 0.6) is 0 Å². The van der Waals surface area contributed by atoms with Crippen LogP contribution in [0.25, 0.3) is 17.1 Å². The van der Waals surface area contributed by atoms with Crippen molar-refractivity contribution in [2.75, 3.05) is 25.4 Å². The van der Waals surface area contributed by atoms with E-state index in [-0.39, 0.29) is 18.3 Å². The number of hydrogen-bond acceptors (Lipinski definition) is 6. The summed E-state index contributed by atoms with van der Waals surface area (Å²) >= 11 is 1.20. The van der Waals surface area contributed by atoms with Crippen molar-refractivity contribution in [3.8, 4) is 17.1 Å². The second-order valence-electron chi connectivity index (χ2n) is 6.67. The predicted molar refractivity (Wildman–Crippen MR) is 125 cm³/mol. The van der Waals surface area contributed by atoms with Crippen LogP contribution in [0.15, 0.2) is 91.1 Å². The Morgan fingerprint density at radius 3 is 2.22 bits per heavy atom. The number of esters is 1. The van der Waals surface area contributed by atoms with E-state index in [4.69, 9.17) is 4.74 Å². The first-order valence-electron chi connectivity index (χ1n) is 9.98. The summed E-state index contributed by atoms with van der Waals surface area (Å²) in [4.78, 5) is 26.0. The Hall–Kier alpha value is -3.65. The number of ether oxygens (including phenoxy) is 1. The van der Waals surface area contributed by atoms with E-state index in [1.807, 2.05) is 65.2 Å². The first-order chi connectivity index (χ1) is 15.6. The molecule has 1 aromatic heterocycles. The lowest BCUT2D eigenvalue weighted by atomic mass is 10.2. The molecule has 2 aromatic carbocycles. The minimum atomic E-state index is -0.510. The van der Waals surface area contributed by atoms with Gasteiger partial charge in [0.15, 0.2) is 17.6 Å². The summed E-state index contributed by atoms with van der Waals surface area (Å²) < 4.78 is 7.06. The van der Waals surface area contributed by atoms with Gasteiger partial charge in [0.1, 0.15) is 0 Å². The summed E-state index contributed by atoms with van der Waals surface area (Å²) in [5, 5.41) is 9.18. The van der Waals surface area contributed by atoms with E-state index in [1.165, 1.54) is 16.7 Å². The second kappa shape index (κ2) is 11.7. The van der Waals surface area contributed by atoms with Crippen LogP contribution in [-0.2, 0) is 14.3 Å². The van der Waals surface area contributed by atoms with E-state index < -0.39 is 5.97 Å². The molecule has 0 aliphatic carbocycles. The fourth-order valence-corrected chi connectivity index (χ4v) is 3.69. The van der Waals surface area contributed by atoms with Crippen molar-refractivity contribution in [2.24, 2.45) is 0 Å². The molecule has 3 aromatic rings. The zero-order chi connectivity index (χ0) is 22.8. The van der Waals surface area contributed by atoms with Crippen molar-refractivity contribution >= 4 is 23.6 Å². The number of para-hydroxylation sites is 1. The summed E-state index contributed by atoms with van der Waals surface area (Å²) in [5.74, 6) is -0.144. The molecule has 32 heavy (non-hydrogen) atoms. The zero-order valence-corrected chi connectivity index (χ0v) is 18.4. The van der Waals surface area contributed by atoms with Crippen LogP contribution in [0.1, 0.15) is 0 Å². The van der Waals surface area contributed by atoms with Crippen LogP contribution in [-0.4, -0.2) is 57.0 Å². The van der Waals surface area contributed by atoms with E-state index in [1.54, 1.807) is 12.2 Å². The van der Waals surface area contributed by atoms with Gasteiger partial charge in [-0.05, 0) is 12.1 Å². The van der Waals surface area contributed by atoms with Crippen LogP contribution < -0.4 is 0 Å². The Labute approximate surface area is 191 Å². The molecule has 0 bridgehead atoms. The van der Waals surface area contributed by atoms with Gasteiger partial charge in [0.2, 0.25) is 0 Å². The standard InChI is InChI=1S/C24H24N4O3S/c1-3-15-27(16-4-2)21(29)17-31-22(30)18-32-24-26-25-23(19-11-7-5-8-12-19)28(24)20-13-9-6-10-14-20/h3-14H,1-2,15-18H2. The molecule has 0 saturated carbocycles. The molecule has 7 nitrogen and oxygen atoms in total. The largest absolute Gasteiger partial charge is 0.455 e. The third-order valence-electron chi connectivity index (χ3n) is 4.41. The average Bonchev–Trinajstić information content (AvgIpc) is 3.26. The second-order valence-corrected chi connectivity index (χ2v) is 7.61. The van der Waals surface area contributed by atoms with E-state index in [9.17, 15) is 9.59 Å². The van der Waals surface area contributed by atoms with Crippen LogP contribution in [0.2, 0.25) is 0 Å². The van der Waals surface area contributed by atoms with Gasteiger partial charge in [-0.15, -0.1) is 23.4 Å². The molecule has 0 atom stereocenters. The third kappa shape index (κ3) is 5.95. The molecule has 0 fully saturated rings. The lowest BCUT2D eigenvalue weighted by molar-refractivity contribution is -0.149. The van der Waals surface area contributed by atoms with Gasteiger partial charge in [-0.2, -0.15) is 0 Å². The van der Waals surface area contributed by atoms with Gasteiger partial charge in [-0.1, -0.05) is 72.4 Å². The molecule has 0 spiro atoms. The van der Waals surface area contributed by atoms with Crippen LogP contribution in [0.4, 0.5) is 0 Å². The van der Waals surface area contributed by atoms with E-state index in [0.717, 1.165) is 11.3 Å². The molecular formula is C24H24N4O3S. The highest BCUT2D eigenvalue weighted by atomic mass is 32.2. The fraction of sp³-hybridized carbons (Fsp3) is 0.167. The first-order valence-corrected chi connectivity index (χ1v) is 11.0. The number of carbonyl (C=O) groups excluding carboxylic acids is 2. The Bertz CT molecular complexity index is 1060. The van der Waals surface area contributed by atoms with E-state index in [2.05, 4.69) is 23.4 Å². The molecule has 0 unspecified atom stereocenters. The average molecular weight is 449 g/mol. The molecule has 0 N–H and O–H groups in total. The SMILES string of the molecule is C=CCN(CC=C)C(=O)COC(=O)CSc1nnc(-c2ccccc2)n1-c1ccccc1. The van der Waals surface area contributed by atoms with Crippen molar-refractivity contribution in [2.45, 2.75) is 5.16 Å². The third-order valence-corrected chi connectivity index (χ3v) is 5.31. The molecule has 164 valence electrons. The Balaban J connectivity index is 1.69. The minimum absolute atomic E-state index is 0.00401. The molecule has 1 heterocycles. The topological polar surface area (TPSA) is 77.3 Å². The molecule has 0 aliphatic heterocycles. The van der Waals surface area contributed by atoms with Gasteiger partial charge in [0.25, 0.3) is 5.91 Å². The molecule has 0 aliphatic rings. The maximum absolute atomic E-state index is 12.3. The normalized spacial score (nSPS) is 10.4. The quantitative estimate of drug-likeness (QED) is 0.252.